The number of anilines is 2. The van der Waals surface area contributed by atoms with E-state index in [1.165, 1.54) is 5.69 Å². The predicted octanol–water partition coefficient (Wildman–Crippen LogP) is 1.87. The molecule has 2 rings (SSSR count). The zero-order valence-electron chi connectivity index (χ0n) is 10.2. The second-order valence-electron chi connectivity index (χ2n) is 4.47. The summed E-state index contributed by atoms with van der Waals surface area (Å²) in [6.07, 6.45) is 1.20. The van der Waals surface area contributed by atoms with Gasteiger partial charge < -0.3 is 15.0 Å². The van der Waals surface area contributed by atoms with E-state index in [1.54, 1.807) is 0 Å². The topological polar surface area (TPSA) is 41.6 Å². The summed E-state index contributed by atoms with van der Waals surface area (Å²) in [5.41, 5.74) is 1.99. The van der Waals surface area contributed by atoms with Crippen molar-refractivity contribution in [2.24, 2.45) is 0 Å². The average molecular weight is 234 g/mol. The van der Waals surface area contributed by atoms with Gasteiger partial charge in [0.2, 0.25) is 6.41 Å². The number of hydrogen-bond acceptors (Lipinski definition) is 3. The lowest BCUT2D eigenvalue weighted by Crippen LogP contribution is -2.45. The number of hydrogen-bond donors (Lipinski definition) is 1. The summed E-state index contributed by atoms with van der Waals surface area (Å²) in [5.74, 6) is 0. The number of nitrogens with one attached hydrogen (secondary N) is 1. The molecule has 0 bridgehead atoms. The molecule has 92 valence electrons. The van der Waals surface area contributed by atoms with Gasteiger partial charge in [-0.05, 0) is 38.1 Å². The number of benzene rings is 1. The van der Waals surface area contributed by atoms with Gasteiger partial charge in [0.25, 0.3) is 0 Å². The number of morpholine rings is 1. The van der Waals surface area contributed by atoms with Crippen LogP contribution >= 0.6 is 0 Å². The van der Waals surface area contributed by atoms with Gasteiger partial charge in [0.05, 0.1) is 12.2 Å². The van der Waals surface area contributed by atoms with Gasteiger partial charge >= 0.3 is 0 Å². The van der Waals surface area contributed by atoms with E-state index >= 15 is 0 Å². The third kappa shape index (κ3) is 2.97. The van der Waals surface area contributed by atoms with Gasteiger partial charge in [-0.3, -0.25) is 4.79 Å². The Morgan fingerprint density at radius 1 is 1.24 bits per heavy atom. The lowest BCUT2D eigenvalue weighted by atomic mass is 10.2. The number of nitrogens with zero attached hydrogens (tertiary/aromatic N) is 1. The molecule has 0 radical (unpaired) electrons. The van der Waals surface area contributed by atoms with E-state index < -0.39 is 0 Å². The first-order valence-corrected chi connectivity index (χ1v) is 5.89. The minimum atomic E-state index is 0.256. The molecule has 0 saturated carbocycles. The van der Waals surface area contributed by atoms with Crippen LogP contribution in [0.15, 0.2) is 24.3 Å². The maximum absolute atomic E-state index is 10.3. The zero-order valence-corrected chi connectivity index (χ0v) is 10.2. The summed E-state index contributed by atoms with van der Waals surface area (Å²) in [5, 5.41) is 2.63. The summed E-state index contributed by atoms with van der Waals surface area (Å²) >= 11 is 0. The minimum absolute atomic E-state index is 0.256. The molecule has 1 aromatic carbocycles. The average Bonchev–Trinajstić information content (AvgIpc) is 2.29. The first kappa shape index (κ1) is 11.9. The lowest BCUT2D eigenvalue weighted by molar-refractivity contribution is -0.105. The van der Waals surface area contributed by atoms with Crippen LogP contribution in [-0.4, -0.2) is 31.7 Å². The molecule has 4 nitrogen and oxygen atoms in total. The monoisotopic (exact) mass is 234 g/mol. The number of rotatable bonds is 3. The normalized spacial score (nSPS) is 24.5. The van der Waals surface area contributed by atoms with Crippen LogP contribution in [0.5, 0.6) is 0 Å². The number of ether oxygens (including phenoxy) is 1. The van der Waals surface area contributed by atoms with Crippen molar-refractivity contribution in [2.75, 3.05) is 23.3 Å². The molecule has 0 aromatic heterocycles. The molecule has 1 aliphatic rings. The molecule has 4 heteroatoms. The zero-order chi connectivity index (χ0) is 12.3. The molecular weight excluding hydrogens is 216 g/mol. The highest BCUT2D eigenvalue weighted by Gasteiger charge is 2.22. The van der Waals surface area contributed by atoms with E-state index in [2.05, 4.69) is 24.1 Å². The summed E-state index contributed by atoms with van der Waals surface area (Å²) < 4.78 is 5.70. The van der Waals surface area contributed by atoms with E-state index in [1.807, 2.05) is 24.3 Å². The molecule has 1 aromatic rings. The molecule has 0 spiro atoms. The van der Waals surface area contributed by atoms with Crippen molar-refractivity contribution in [2.45, 2.75) is 26.1 Å². The molecule has 2 atom stereocenters. The maximum Gasteiger partial charge on any atom is 0.211 e. The van der Waals surface area contributed by atoms with Crippen molar-refractivity contribution < 1.29 is 9.53 Å². The van der Waals surface area contributed by atoms with E-state index in [4.69, 9.17) is 4.74 Å². The summed E-state index contributed by atoms with van der Waals surface area (Å²) in [7, 11) is 0. The predicted molar refractivity (Wildman–Crippen MR) is 68.4 cm³/mol. The smallest absolute Gasteiger partial charge is 0.211 e. The van der Waals surface area contributed by atoms with Crippen LogP contribution < -0.4 is 10.2 Å². The highest BCUT2D eigenvalue weighted by molar-refractivity contribution is 5.72. The molecule has 1 N–H and O–H groups in total. The van der Waals surface area contributed by atoms with Crippen LogP contribution in [-0.2, 0) is 9.53 Å². The van der Waals surface area contributed by atoms with Gasteiger partial charge in [0, 0.05) is 24.5 Å². The fourth-order valence-corrected chi connectivity index (χ4v) is 2.23. The molecule has 1 saturated heterocycles. The van der Waals surface area contributed by atoms with Crippen molar-refractivity contribution >= 4 is 17.8 Å². The number of carbonyl (C=O) groups excluding carboxylic acids is 1. The fourth-order valence-electron chi connectivity index (χ4n) is 2.23. The highest BCUT2D eigenvalue weighted by Crippen LogP contribution is 2.21. The first-order valence-electron chi connectivity index (χ1n) is 5.89. The lowest BCUT2D eigenvalue weighted by Gasteiger charge is -2.36. The molecule has 0 aliphatic carbocycles. The van der Waals surface area contributed by atoms with Crippen molar-refractivity contribution in [3.63, 3.8) is 0 Å². The van der Waals surface area contributed by atoms with E-state index in [9.17, 15) is 4.79 Å². The van der Waals surface area contributed by atoms with Gasteiger partial charge in [-0.1, -0.05) is 0 Å². The molecule has 1 heterocycles. The third-order valence-corrected chi connectivity index (χ3v) is 2.88. The molecule has 1 aliphatic heterocycles. The Morgan fingerprint density at radius 3 is 2.35 bits per heavy atom. The van der Waals surface area contributed by atoms with Gasteiger partial charge in [-0.2, -0.15) is 0 Å². The Morgan fingerprint density at radius 2 is 1.82 bits per heavy atom. The number of amides is 1. The Bertz CT molecular complexity index is 368. The third-order valence-electron chi connectivity index (χ3n) is 2.88. The van der Waals surface area contributed by atoms with Crippen LogP contribution in [0.25, 0.3) is 0 Å². The van der Waals surface area contributed by atoms with E-state index in [0.29, 0.717) is 6.41 Å². The number of carbonyl (C=O) groups is 1. The quantitative estimate of drug-likeness (QED) is 0.812. The van der Waals surface area contributed by atoms with Crippen LogP contribution in [0.1, 0.15) is 13.8 Å². The van der Waals surface area contributed by atoms with E-state index in [0.717, 1.165) is 18.8 Å². The van der Waals surface area contributed by atoms with Gasteiger partial charge in [0.1, 0.15) is 0 Å². The van der Waals surface area contributed by atoms with Crippen molar-refractivity contribution in [1.82, 2.24) is 0 Å². The Hall–Kier alpha value is -1.55. The van der Waals surface area contributed by atoms with Crippen molar-refractivity contribution in [3.8, 4) is 0 Å². The molecule has 1 amide bonds. The Kier molecular flexibility index (Phi) is 3.64. The van der Waals surface area contributed by atoms with Crippen LogP contribution in [0.4, 0.5) is 11.4 Å². The second kappa shape index (κ2) is 5.19. The van der Waals surface area contributed by atoms with Gasteiger partial charge in [0.15, 0.2) is 0 Å². The Balaban J connectivity index is 2.08. The fraction of sp³-hybridized carbons (Fsp3) is 0.462. The van der Waals surface area contributed by atoms with Crippen LogP contribution in [0.3, 0.4) is 0 Å². The summed E-state index contributed by atoms with van der Waals surface area (Å²) in [6, 6.07) is 7.87. The van der Waals surface area contributed by atoms with Crippen LogP contribution in [0.2, 0.25) is 0 Å². The SMILES string of the molecule is CC1CN(c2ccc(NC=O)cc2)CC(C)O1. The van der Waals surface area contributed by atoms with Crippen LogP contribution in [0, 0.1) is 0 Å². The molecule has 2 unspecified atom stereocenters. The molecular formula is C13H18N2O2. The summed E-state index contributed by atoms with van der Waals surface area (Å²) in [4.78, 5) is 12.6. The van der Waals surface area contributed by atoms with E-state index in [-0.39, 0.29) is 12.2 Å². The van der Waals surface area contributed by atoms with Gasteiger partial charge in [-0.15, -0.1) is 0 Å². The van der Waals surface area contributed by atoms with Crippen molar-refractivity contribution in [3.05, 3.63) is 24.3 Å². The first-order chi connectivity index (χ1) is 8.19. The minimum Gasteiger partial charge on any atom is -0.372 e. The largest absolute Gasteiger partial charge is 0.372 e. The maximum atomic E-state index is 10.3. The molecule has 1 fully saturated rings. The molecule has 17 heavy (non-hydrogen) atoms. The standard InChI is InChI=1S/C13H18N2O2/c1-10-7-15(8-11(2)17-10)13-5-3-12(4-6-13)14-9-16/h3-6,9-11H,7-8H2,1-2H3,(H,14,16). The second-order valence-corrected chi connectivity index (χ2v) is 4.47. The Labute approximate surface area is 102 Å². The highest BCUT2D eigenvalue weighted by atomic mass is 16.5. The van der Waals surface area contributed by atoms with Gasteiger partial charge in [-0.25, -0.2) is 0 Å². The summed E-state index contributed by atoms with van der Waals surface area (Å²) in [6.45, 7) is 5.99. The van der Waals surface area contributed by atoms with Crippen molar-refractivity contribution in [1.29, 1.82) is 0 Å².